The van der Waals surface area contributed by atoms with E-state index in [1.54, 1.807) is 0 Å². The van der Waals surface area contributed by atoms with E-state index in [0.29, 0.717) is 5.92 Å². The first-order valence-corrected chi connectivity index (χ1v) is 19.3. The summed E-state index contributed by atoms with van der Waals surface area (Å²) in [7, 11) is 0. The molecule has 0 rings (SSSR count). The normalized spacial score (nSPS) is 13.2. The summed E-state index contributed by atoms with van der Waals surface area (Å²) in [6.07, 6.45) is 48.6. The minimum absolute atomic E-state index is 0.00519. The van der Waals surface area contributed by atoms with E-state index in [-0.39, 0.29) is 12.1 Å². The fraction of sp³-hybridized carbons (Fsp3) is 0.829. The number of hydrogen-bond donors (Lipinski definition) is 0. The standard InChI is InChI=1S/C41H76O2/c1-5-9-12-14-16-18-20-22-24-26-28-30-32-34-37-39(36-11-7-3)40(43-41(42)8-4)38-35-33-31-29-27-25-23-21-19-17-15-13-10-6-2/h8,30-33,39-40H,4-7,9-29,34-38H2,1-3H3. The van der Waals surface area contributed by atoms with E-state index in [4.69, 9.17) is 4.74 Å². The second-order valence-electron chi connectivity index (χ2n) is 13.1. The zero-order valence-electron chi connectivity index (χ0n) is 29.6. The molecule has 0 amide bonds. The number of unbranched alkanes of at least 4 members (excludes halogenated alkanes) is 21. The van der Waals surface area contributed by atoms with E-state index >= 15 is 0 Å². The van der Waals surface area contributed by atoms with Gasteiger partial charge in [-0.05, 0) is 63.7 Å². The van der Waals surface area contributed by atoms with Gasteiger partial charge < -0.3 is 4.74 Å². The van der Waals surface area contributed by atoms with Crippen LogP contribution in [0.25, 0.3) is 0 Å². The molecular formula is C41H76O2. The number of carbonyl (C=O) groups excluding carboxylic acids is 1. The predicted octanol–water partition coefficient (Wildman–Crippen LogP) is 14.2. The van der Waals surface area contributed by atoms with Gasteiger partial charge in [-0.1, -0.05) is 180 Å². The van der Waals surface area contributed by atoms with Crippen molar-refractivity contribution in [2.24, 2.45) is 5.92 Å². The van der Waals surface area contributed by atoms with Crippen molar-refractivity contribution in [3.8, 4) is 0 Å². The zero-order chi connectivity index (χ0) is 31.5. The molecule has 2 nitrogen and oxygen atoms in total. The Morgan fingerprint density at radius 2 is 0.860 bits per heavy atom. The Hall–Kier alpha value is -1.31. The summed E-state index contributed by atoms with van der Waals surface area (Å²) in [6, 6.07) is 0. The van der Waals surface area contributed by atoms with Crippen LogP contribution in [0.1, 0.15) is 207 Å². The van der Waals surface area contributed by atoms with E-state index in [9.17, 15) is 4.79 Å². The summed E-state index contributed by atoms with van der Waals surface area (Å²) < 4.78 is 5.93. The molecule has 0 spiro atoms. The van der Waals surface area contributed by atoms with Crippen molar-refractivity contribution in [2.75, 3.05) is 0 Å². The van der Waals surface area contributed by atoms with Crippen molar-refractivity contribution < 1.29 is 9.53 Å². The molecule has 43 heavy (non-hydrogen) atoms. The van der Waals surface area contributed by atoms with Crippen LogP contribution in [-0.2, 0) is 9.53 Å². The van der Waals surface area contributed by atoms with Gasteiger partial charge in [0.2, 0.25) is 0 Å². The highest BCUT2D eigenvalue weighted by Gasteiger charge is 2.23. The van der Waals surface area contributed by atoms with E-state index in [0.717, 1.165) is 32.1 Å². The molecule has 0 radical (unpaired) electrons. The summed E-state index contributed by atoms with van der Waals surface area (Å²) in [5.41, 5.74) is 0. The topological polar surface area (TPSA) is 26.3 Å². The SMILES string of the molecule is C=CC(=O)OC(CCC=CCCCCCCCCCCCC)C(CCC=CCCCCCCCCCCCC)CCCC. The highest BCUT2D eigenvalue weighted by Crippen LogP contribution is 2.26. The van der Waals surface area contributed by atoms with E-state index in [1.165, 1.54) is 160 Å². The number of esters is 1. The average molecular weight is 601 g/mol. The van der Waals surface area contributed by atoms with E-state index < -0.39 is 0 Å². The summed E-state index contributed by atoms with van der Waals surface area (Å²) in [4.78, 5) is 12.2. The Labute approximate surface area is 271 Å². The third-order valence-electron chi connectivity index (χ3n) is 8.99. The van der Waals surface area contributed by atoms with Crippen LogP contribution in [0, 0.1) is 5.92 Å². The van der Waals surface area contributed by atoms with Crippen LogP contribution in [0.5, 0.6) is 0 Å². The monoisotopic (exact) mass is 601 g/mol. The summed E-state index contributed by atoms with van der Waals surface area (Å²) in [5.74, 6) is 0.165. The van der Waals surface area contributed by atoms with Crippen LogP contribution in [0.3, 0.4) is 0 Å². The maximum atomic E-state index is 12.2. The lowest BCUT2D eigenvalue weighted by molar-refractivity contribution is -0.146. The minimum atomic E-state index is -0.266. The van der Waals surface area contributed by atoms with Gasteiger partial charge in [-0.15, -0.1) is 0 Å². The van der Waals surface area contributed by atoms with Gasteiger partial charge in [-0.3, -0.25) is 0 Å². The second-order valence-corrected chi connectivity index (χ2v) is 13.1. The molecule has 2 heteroatoms. The van der Waals surface area contributed by atoms with Crippen LogP contribution in [0.4, 0.5) is 0 Å². The number of ether oxygens (including phenoxy) is 1. The van der Waals surface area contributed by atoms with Crippen LogP contribution >= 0.6 is 0 Å². The Morgan fingerprint density at radius 1 is 0.488 bits per heavy atom. The molecule has 0 heterocycles. The molecule has 0 saturated carbocycles. The lowest BCUT2D eigenvalue weighted by Crippen LogP contribution is -2.26. The largest absolute Gasteiger partial charge is 0.459 e. The van der Waals surface area contributed by atoms with Crippen molar-refractivity contribution in [3.63, 3.8) is 0 Å². The van der Waals surface area contributed by atoms with Gasteiger partial charge in [0.15, 0.2) is 0 Å². The van der Waals surface area contributed by atoms with Gasteiger partial charge in [0.05, 0.1) is 0 Å². The summed E-state index contributed by atoms with van der Waals surface area (Å²) in [6.45, 7) is 10.5. The second kappa shape index (κ2) is 35.2. The summed E-state index contributed by atoms with van der Waals surface area (Å²) in [5, 5.41) is 0. The molecule has 0 bridgehead atoms. The smallest absolute Gasteiger partial charge is 0.330 e. The molecule has 2 atom stereocenters. The van der Waals surface area contributed by atoms with Gasteiger partial charge in [0.25, 0.3) is 0 Å². The fourth-order valence-corrected chi connectivity index (χ4v) is 6.11. The Morgan fingerprint density at radius 3 is 1.28 bits per heavy atom. The number of allylic oxidation sites excluding steroid dienone is 4. The maximum Gasteiger partial charge on any atom is 0.330 e. The molecule has 252 valence electrons. The van der Waals surface area contributed by atoms with E-state index in [2.05, 4.69) is 51.7 Å². The van der Waals surface area contributed by atoms with Gasteiger partial charge in [-0.2, -0.15) is 0 Å². The molecule has 0 aromatic rings. The average Bonchev–Trinajstić information content (AvgIpc) is 3.02. The van der Waals surface area contributed by atoms with Gasteiger partial charge in [-0.25, -0.2) is 4.79 Å². The van der Waals surface area contributed by atoms with Crippen molar-refractivity contribution in [2.45, 2.75) is 213 Å². The van der Waals surface area contributed by atoms with Crippen molar-refractivity contribution in [1.82, 2.24) is 0 Å². The Kier molecular flexibility index (Phi) is 34.1. The third-order valence-corrected chi connectivity index (χ3v) is 8.99. The molecule has 2 unspecified atom stereocenters. The van der Waals surface area contributed by atoms with E-state index in [1.807, 2.05) is 0 Å². The highest BCUT2D eigenvalue weighted by atomic mass is 16.5. The van der Waals surface area contributed by atoms with Crippen molar-refractivity contribution >= 4 is 5.97 Å². The molecule has 0 saturated heterocycles. The lowest BCUT2D eigenvalue weighted by Gasteiger charge is -2.26. The number of hydrogen-bond acceptors (Lipinski definition) is 2. The maximum absolute atomic E-state index is 12.2. The summed E-state index contributed by atoms with van der Waals surface area (Å²) >= 11 is 0. The van der Waals surface area contributed by atoms with Crippen LogP contribution in [0.15, 0.2) is 37.0 Å². The molecule has 0 fully saturated rings. The quantitative estimate of drug-likeness (QED) is 0.0318. The first-order valence-electron chi connectivity index (χ1n) is 19.3. The van der Waals surface area contributed by atoms with Crippen LogP contribution in [0.2, 0.25) is 0 Å². The third kappa shape index (κ3) is 30.5. The van der Waals surface area contributed by atoms with Gasteiger partial charge >= 0.3 is 5.97 Å². The number of carbonyl (C=O) groups is 1. The van der Waals surface area contributed by atoms with Gasteiger partial charge in [0.1, 0.15) is 6.10 Å². The molecule has 0 aromatic heterocycles. The first kappa shape index (κ1) is 41.7. The molecular weight excluding hydrogens is 524 g/mol. The lowest BCUT2D eigenvalue weighted by atomic mass is 9.88. The predicted molar refractivity (Wildman–Crippen MR) is 193 cm³/mol. The highest BCUT2D eigenvalue weighted by molar-refractivity contribution is 5.81. The fourth-order valence-electron chi connectivity index (χ4n) is 6.11. The molecule has 0 aromatic carbocycles. The molecule has 0 aliphatic rings. The number of rotatable bonds is 34. The van der Waals surface area contributed by atoms with Crippen LogP contribution < -0.4 is 0 Å². The van der Waals surface area contributed by atoms with Crippen molar-refractivity contribution in [3.05, 3.63) is 37.0 Å². The van der Waals surface area contributed by atoms with Gasteiger partial charge in [0, 0.05) is 6.08 Å². The van der Waals surface area contributed by atoms with Crippen LogP contribution in [-0.4, -0.2) is 12.1 Å². The zero-order valence-corrected chi connectivity index (χ0v) is 29.6. The minimum Gasteiger partial charge on any atom is -0.459 e. The Balaban J connectivity index is 4.27. The molecule has 0 N–H and O–H groups in total. The van der Waals surface area contributed by atoms with Crippen molar-refractivity contribution in [1.29, 1.82) is 0 Å². The first-order chi connectivity index (χ1) is 21.2. The molecule has 0 aliphatic carbocycles. The Bertz CT molecular complexity index is 634. The molecule has 0 aliphatic heterocycles.